The van der Waals surface area contributed by atoms with E-state index >= 15 is 0 Å². The van der Waals surface area contributed by atoms with Crippen LogP contribution in [0.3, 0.4) is 0 Å². The van der Waals surface area contributed by atoms with E-state index in [4.69, 9.17) is 10.1 Å². The van der Waals surface area contributed by atoms with E-state index in [1.165, 1.54) is 0 Å². The monoisotopic (exact) mass is 305 g/mol. The van der Waals surface area contributed by atoms with Crippen LogP contribution in [0.2, 0.25) is 0 Å². The fourth-order valence-corrected chi connectivity index (χ4v) is 2.47. The summed E-state index contributed by atoms with van der Waals surface area (Å²) in [6, 6.07) is 0. The molecule has 0 spiro atoms. The van der Waals surface area contributed by atoms with E-state index in [0.29, 0.717) is 17.3 Å². The molecule has 0 fully saturated rings. The quantitative estimate of drug-likeness (QED) is 0.784. The molecule has 2 aromatic rings. The Hall–Kier alpha value is -2.44. The molecule has 2 N–H and O–H groups in total. The molecule has 6 nitrogen and oxygen atoms in total. The maximum absolute atomic E-state index is 14.1. The van der Waals surface area contributed by atoms with Gasteiger partial charge in [0.05, 0.1) is 6.54 Å². The second-order valence-corrected chi connectivity index (χ2v) is 5.63. The van der Waals surface area contributed by atoms with E-state index in [-0.39, 0.29) is 20.5 Å². The van der Waals surface area contributed by atoms with Crippen LogP contribution < -0.4 is 5.32 Å². The lowest BCUT2D eigenvalue weighted by atomic mass is 10.2. The van der Waals surface area contributed by atoms with E-state index in [2.05, 4.69) is 15.3 Å². The number of ether oxygens (including phenoxy) is 1. The third-order valence-electron chi connectivity index (χ3n) is 3.58. The van der Waals surface area contributed by atoms with E-state index < -0.39 is 6.17 Å². The van der Waals surface area contributed by atoms with E-state index in [0.717, 1.165) is 16.5 Å². The molecule has 0 amide bonds. The summed E-state index contributed by atoms with van der Waals surface area (Å²) in [4.78, 5) is 8.75. The Balaban J connectivity index is 0.00000192. The van der Waals surface area contributed by atoms with Gasteiger partial charge in [-0.2, -0.15) is 4.98 Å². The SMILES string of the molecule is CC(C)=C1Nc2ncc3c(C)cn(c3n2)C[C@@H](F)COC1=N.[HH]. The number of aromatic nitrogens is 3. The van der Waals surface area contributed by atoms with Gasteiger partial charge < -0.3 is 14.6 Å². The van der Waals surface area contributed by atoms with E-state index in [9.17, 15) is 4.39 Å². The lowest BCUT2D eigenvalue weighted by Gasteiger charge is -2.14. The molecule has 3 heterocycles. The van der Waals surface area contributed by atoms with Gasteiger partial charge in [-0.15, -0.1) is 0 Å². The lowest BCUT2D eigenvalue weighted by molar-refractivity contribution is 0.171. The number of halogens is 1. The molecule has 0 saturated heterocycles. The van der Waals surface area contributed by atoms with Crippen LogP contribution in [0.5, 0.6) is 0 Å². The average Bonchev–Trinajstić information content (AvgIpc) is 2.77. The van der Waals surface area contributed by atoms with Crippen LogP contribution in [0.1, 0.15) is 20.8 Å². The first-order valence-corrected chi connectivity index (χ1v) is 7.08. The van der Waals surface area contributed by atoms with Crippen molar-refractivity contribution < 1.29 is 10.6 Å². The molecule has 0 radical (unpaired) electrons. The summed E-state index contributed by atoms with van der Waals surface area (Å²) in [5.74, 6) is 0.266. The first-order valence-electron chi connectivity index (χ1n) is 7.08. The highest BCUT2D eigenvalue weighted by atomic mass is 19.1. The molecular formula is C15H20FN5O. The summed E-state index contributed by atoms with van der Waals surface area (Å²) < 4.78 is 21.2. The minimum atomic E-state index is -1.22. The molecule has 118 valence electrons. The summed E-state index contributed by atoms with van der Waals surface area (Å²) in [5, 5.41) is 11.9. The van der Waals surface area contributed by atoms with Gasteiger partial charge in [0.1, 0.15) is 18.0 Å². The molecule has 0 aliphatic carbocycles. The van der Waals surface area contributed by atoms with Gasteiger partial charge in [-0.3, -0.25) is 5.41 Å². The minimum Gasteiger partial charge on any atom is -0.473 e. The van der Waals surface area contributed by atoms with Crippen LogP contribution in [-0.4, -0.2) is 33.2 Å². The normalized spacial score (nSPS) is 18.8. The fraction of sp³-hybridized carbons (Fsp3) is 0.400. The average molecular weight is 305 g/mol. The molecule has 3 rings (SSSR count). The number of alkyl halides is 1. The van der Waals surface area contributed by atoms with Crippen molar-refractivity contribution in [2.24, 2.45) is 0 Å². The van der Waals surface area contributed by atoms with Crippen molar-refractivity contribution in [2.45, 2.75) is 33.5 Å². The maximum Gasteiger partial charge on any atom is 0.230 e. The summed E-state index contributed by atoms with van der Waals surface area (Å²) in [6.45, 7) is 5.61. The van der Waals surface area contributed by atoms with Gasteiger partial charge in [0.2, 0.25) is 11.8 Å². The summed E-state index contributed by atoms with van der Waals surface area (Å²) >= 11 is 0. The predicted octanol–water partition coefficient (Wildman–Crippen LogP) is 3.04. The van der Waals surface area contributed by atoms with Crippen LogP contribution >= 0.6 is 0 Å². The summed E-state index contributed by atoms with van der Waals surface area (Å²) in [6.07, 6.45) is 2.36. The standard InChI is InChI=1S/C15H18FN5O.H2/c1-8(2)12-13(17)22-7-10(16)6-21-5-9(3)11-4-18-15(19-12)20-14(11)21;/h4-5,10,17H,6-7H2,1-3H3,(H,18,19,20);1H/t10-;/m1./s1. The highest BCUT2D eigenvalue weighted by molar-refractivity contribution is 5.94. The molecule has 1 aliphatic rings. The van der Waals surface area contributed by atoms with Crippen LogP contribution in [0.25, 0.3) is 11.0 Å². The zero-order chi connectivity index (χ0) is 15.9. The minimum absolute atomic E-state index is 0. The number of hydrogen-bond donors (Lipinski definition) is 2. The molecule has 7 heteroatoms. The Labute approximate surface area is 129 Å². The van der Waals surface area contributed by atoms with Crippen LogP contribution in [0.4, 0.5) is 10.3 Å². The summed E-state index contributed by atoms with van der Waals surface area (Å²) in [7, 11) is 0. The molecule has 1 atom stereocenters. The number of allylic oxidation sites excluding steroid dienone is 1. The van der Waals surface area contributed by atoms with Gasteiger partial charge in [0.25, 0.3) is 0 Å². The number of anilines is 1. The fourth-order valence-electron chi connectivity index (χ4n) is 2.47. The molecule has 0 aromatic carbocycles. The van der Waals surface area contributed by atoms with Crippen LogP contribution in [-0.2, 0) is 11.3 Å². The molecule has 2 bridgehead atoms. The van der Waals surface area contributed by atoms with Crippen molar-refractivity contribution in [1.82, 2.24) is 14.5 Å². The topological polar surface area (TPSA) is 75.8 Å². The smallest absolute Gasteiger partial charge is 0.230 e. The molecule has 1 aliphatic heterocycles. The first-order chi connectivity index (χ1) is 10.5. The molecule has 22 heavy (non-hydrogen) atoms. The second kappa shape index (κ2) is 5.40. The van der Waals surface area contributed by atoms with Crippen molar-refractivity contribution in [3.63, 3.8) is 0 Å². The van der Waals surface area contributed by atoms with Crippen molar-refractivity contribution in [1.29, 1.82) is 5.41 Å². The van der Waals surface area contributed by atoms with E-state index in [1.54, 1.807) is 10.8 Å². The maximum atomic E-state index is 14.1. The van der Waals surface area contributed by atoms with Crippen molar-refractivity contribution in [3.8, 4) is 0 Å². The Bertz CT molecular complexity index is 782. The van der Waals surface area contributed by atoms with Gasteiger partial charge in [0.15, 0.2) is 6.17 Å². The highest BCUT2D eigenvalue weighted by Crippen LogP contribution is 2.22. The van der Waals surface area contributed by atoms with Gasteiger partial charge >= 0.3 is 0 Å². The van der Waals surface area contributed by atoms with Crippen molar-refractivity contribution in [3.05, 3.63) is 29.2 Å². The Morgan fingerprint density at radius 3 is 3.05 bits per heavy atom. The third-order valence-corrected chi connectivity index (χ3v) is 3.58. The molecule has 0 unspecified atom stereocenters. The van der Waals surface area contributed by atoms with Gasteiger partial charge in [-0.1, -0.05) is 0 Å². The largest absolute Gasteiger partial charge is 0.473 e. The zero-order valence-corrected chi connectivity index (χ0v) is 12.8. The van der Waals surface area contributed by atoms with Crippen molar-refractivity contribution in [2.75, 3.05) is 11.9 Å². The van der Waals surface area contributed by atoms with Crippen molar-refractivity contribution >= 4 is 22.9 Å². The first kappa shape index (κ1) is 14.5. The number of hydrogen-bond acceptors (Lipinski definition) is 5. The number of nitrogens with one attached hydrogen (secondary N) is 2. The predicted molar refractivity (Wildman–Crippen MR) is 85.0 cm³/mol. The third kappa shape index (κ3) is 2.54. The molecular weight excluding hydrogens is 285 g/mol. The van der Waals surface area contributed by atoms with E-state index in [1.807, 2.05) is 27.0 Å². The molecule has 2 aromatic heterocycles. The highest BCUT2D eigenvalue weighted by Gasteiger charge is 2.19. The van der Waals surface area contributed by atoms with Gasteiger partial charge in [-0.05, 0) is 31.9 Å². The Kier molecular flexibility index (Phi) is 3.56. The van der Waals surface area contributed by atoms with Gasteiger partial charge in [-0.25, -0.2) is 9.37 Å². The Morgan fingerprint density at radius 2 is 2.32 bits per heavy atom. The second-order valence-electron chi connectivity index (χ2n) is 5.63. The van der Waals surface area contributed by atoms with Gasteiger partial charge in [0, 0.05) is 19.2 Å². The number of fused-ring (bicyclic) bond motifs is 1. The number of rotatable bonds is 0. The van der Waals surface area contributed by atoms with Crippen LogP contribution in [0.15, 0.2) is 23.7 Å². The zero-order valence-electron chi connectivity index (χ0n) is 12.8. The summed E-state index contributed by atoms with van der Waals surface area (Å²) in [5.41, 5.74) is 2.99. The number of nitrogens with zero attached hydrogens (tertiary/aromatic N) is 3. The number of aryl methyl sites for hydroxylation is 1. The lowest BCUT2D eigenvalue weighted by Crippen LogP contribution is -2.22. The van der Waals surface area contributed by atoms with Crippen LogP contribution in [0, 0.1) is 12.3 Å². The molecule has 0 saturated carbocycles. The Morgan fingerprint density at radius 1 is 1.55 bits per heavy atom.